The number of urea groups is 1. The molecule has 1 heterocycles. The Kier molecular flexibility index (Phi) is 5.84. The van der Waals surface area contributed by atoms with E-state index in [1.807, 2.05) is 0 Å². The first kappa shape index (κ1) is 18.6. The van der Waals surface area contributed by atoms with Crippen LogP contribution in [0.25, 0.3) is 0 Å². The SMILES string of the molecule is COc1ccc(OCCNC(=O)CCN2C(=O)NC(C)(C)C2=O)cc1. The average molecular weight is 349 g/mol. The molecule has 0 aromatic heterocycles. The number of carbonyl (C=O) groups is 3. The smallest absolute Gasteiger partial charge is 0.325 e. The summed E-state index contributed by atoms with van der Waals surface area (Å²) in [7, 11) is 1.59. The minimum atomic E-state index is -0.917. The van der Waals surface area contributed by atoms with Crippen LogP contribution < -0.4 is 20.1 Å². The molecular weight excluding hydrogens is 326 g/mol. The normalized spacial score (nSPS) is 15.7. The van der Waals surface area contributed by atoms with E-state index in [0.29, 0.717) is 18.9 Å². The Bertz CT molecular complexity index is 642. The lowest BCUT2D eigenvalue weighted by Crippen LogP contribution is -2.40. The highest BCUT2D eigenvalue weighted by molar-refractivity contribution is 6.06. The van der Waals surface area contributed by atoms with E-state index >= 15 is 0 Å². The topological polar surface area (TPSA) is 97.0 Å². The highest BCUT2D eigenvalue weighted by atomic mass is 16.5. The maximum absolute atomic E-state index is 12.0. The van der Waals surface area contributed by atoms with Crippen molar-refractivity contribution in [2.75, 3.05) is 26.8 Å². The molecule has 0 unspecified atom stereocenters. The summed E-state index contributed by atoms with van der Waals surface area (Å²) >= 11 is 0. The molecule has 136 valence electrons. The highest BCUT2D eigenvalue weighted by Crippen LogP contribution is 2.17. The number of benzene rings is 1. The summed E-state index contributed by atoms with van der Waals surface area (Å²) in [5.74, 6) is 0.845. The molecular formula is C17H23N3O5. The molecule has 0 aliphatic carbocycles. The number of methoxy groups -OCH3 is 1. The molecule has 4 amide bonds. The molecule has 2 N–H and O–H groups in total. The fraction of sp³-hybridized carbons (Fsp3) is 0.471. The maximum Gasteiger partial charge on any atom is 0.325 e. The Hall–Kier alpha value is -2.77. The van der Waals surface area contributed by atoms with Crippen molar-refractivity contribution < 1.29 is 23.9 Å². The standard InChI is InChI=1S/C17H23N3O5/c1-17(2)15(22)20(16(23)19-17)10-8-14(21)18-9-11-25-13-6-4-12(24-3)5-7-13/h4-7H,8-11H2,1-3H3,(H,18,21)(H,19,23). The third kappa shape index (κ3) is 4.85. The van der Waals surface area contributed by atoms with Gasteiger partial charge in [0.25, 0.3) is 5.91 Å². The molecule has 1 aromatic rings. The summed E-state index contributed by atoms with van der Waals surface area (Å²) in [6.07, 6.45) is 0.0533. The van der Waals surface area contributed by atoms with Gasteiger partial charge >= 0.3 is 6.03 Å². The van der Waals surface area contributed by atoms with Crippen molar-refractivity contribution in [3.63, 3.8) is 0 Å². The number of hydrogen-bond donors (Lipinski definition) is 2. The highest BCUT2D eigenvalue weighted by Gasteiger charge is 2.43. The van der Waals surface area contributed by atoms with E-state index in [2.05, 4.69) is 10.6 Å². The molecule has 1 aliphatic heterocycles. The van der Waals surface area contributed by atoms with Crippen LogP contribution in [0.4, 0.5) is 4.79 Å². The molecule has 0 saturated carbocycles. The van der Waals surface area contributed by atoms with Crippen LogP contribution in [-0.4, -0.2) is 55.1 Å². The van der Waals surface area contributed by atoms with Crippen molar-refractivity contribution in [1.82, 2.24) is 15.5 Å². The lowest BCUT2D eigenvalue weighted by Gasteiger charge is -2.15. The minimum absolute atomic E-state index is 0.0533. The van der Waals surface area contributed by atoms with Crippen LogP contribution in [0.5, 0.6) is 11.5 Å². The molecule has 1 saturated heterocycles. The Morgan fingerprint density at radius 1 is 1.20 bits per heavy atom. The van der Waals surface area contributed by atoms with Crippen molar-refractivity contribution in [3.05, 3.63) is 24.3 Å². The zero-order chi connectivity index (χ0) is 18.4. The number of hydrogen-bond acceptors (Lipinski definition) is 5. The van der Waals surface area contributed by atoms with Crippen molar-refractivity contribution in [3.8, 4) is 11.5 Å². The molecule has 1 fully saturated rings. The Labute approximate surface area is 146 Å². The predicted octanol–water partition coefficient (Wildman–Crippen LogP) is 0.911. The molecule has 25 heavy (non-hydrogen) atoms. The molecule has 1 aliphatic rings. The molecule has 8 heteroatoms. The lowest BCUT2D eigenvalue weighted by atomic mass is 10.1. The largest absolute Gasteiger partial charge is 0.497 e. The van der Waals surface area contributed by atoms with E-state index in [9.17, 15) is 14.4 Å². The number of rotatable bonds is 8. The second-order valence-electron chi connectivity index (χ2n) is 6.14. The monoisotopic (exact) mass is 349 g/mol. The number of imide groups is 1. The Morgan fingerprint density at radius 2 is 1.84 bits per heavy atom. The first-order valence-corrected chi connectivity index (χ1v) is 8.01. The molecule has 0 radical (unpaired) electrons. The number of carbonyl (C=O) groups excluding carboxylic acids is 3. The van der Waals surface area contributed by atoms with Gasteiger partial charge in [0, 0.05) is 13.0 Å². The van der Waals surface area contributed by atoms with Gasteiger partial charge in [-0.15, -0.1) is 0 Å². The summed E-state index contributed by atoms with van der Waals surface area (Å²) in [4.78, 5) is 36.6. The first-order valence-electron chi connectivity index (χ1n) is 8.01. The Balaban J connectivity index is 1.65. The molecule has 0 bridgehead atoms. The first-order chi connectivity index (χ1) is 11.8. The second-order valence-corrected chi connectivity index (χ2v) is 6.14. The zero-order valence-electron chi connectivity index (χ0n) is 14.6. The van der Waals surface area contributed by atoms with Crippen LogP contribution in [0.15, 0.2) is 24.3 Å². The Morgan fingerprint density at radius 3 is 2.40 bits per heavy atom. The fourth-order valence-electron chi connectivity index (χ4n) is 2.35. The predicted molar refractivity (Wildman–Crippen MR) is 90.4 cm³/mol. The third-order valence-corrected chi connectivity index (χ3v) is 3.76. The van der Waals surface area contributed by atoms with Gasteiger partial charge in [-0.05, 0) is 38.1 Å². The second kappa shape index (κ2) is 7.87. The van der Waals surface area contributed by atoms with Gasteiger partial charge in [-0.25, -0.2) is 4.79 Å². The van der Waals surface area contributed by atoms with Gasteiger partial charge in [-0.3, -0.25) is 14.5 Å². The van der Waals surface area contributed by atoms with Crippen molar-refractivity contribution in [2.24, 2.45) is 0 Å². The van der Waals surface area contributed by atoms with Crippen molar-refractivity contribution in [1.29, 1.82) is 0 Å². The molecule has 0 spiro atoms. The van der Waals surface area contributed by atoms with Crippen LogP contribution in [0, 0.1) is 0 Å². The summed E-state index contributed by atoms with van der Waals surface area (Å²) in [6.45, 7) is 3.96. The minimum Gasteiger partial charge on any atom is -0.497 e. The zero-order valence-corrected chi connectivity index (χ0v) is 14.6. The van der Waals surface area contributed by atoms with Crippen LogP contribution in [-0.2, 0) is 9.59 Å². The van der Waals surface area contributed by atoms with Crippen LogP contribution in [0.1, 0.15) is 20.3 Å². The number of amides is 4. The molecule has 0 atom stereocenters. The molecule has 1 aromatic carbocycles. The van der Waals surface area contributed by atoms with Gasteiger partial charge < -0.3 is 20.1 Å². The van der Waals surface area contributed by atoms with Crippen molar-refractivity contribution >= 4 is 17.8 Å². The van der Waals surface area contributed by atoms with E-state index in [1.165, 1.54) is 0 Å². The van der Waals surface area contributed by atoms with E-state index < -0.39 is 11.6 Å². The number of nitrogens with one attached hydrogen (secondary N) is 2. The summed E-state index contributed by atoms with van der Waals surface area (Å²) < 4.78 is 10.6. The number of nitrogens with zero attached hydrogens (tertiary/aromatic N) is 1. The van der Waals surface area contributed by atoms with Gasteiger partial charge in [0.05, 0.1) is 13.7 Å². The average Bonchev–Trinajstić information content (AvgIpc) is 2.78. The van der Waals surface area contributed by atoms with Gasteiger partial charge in [-0.2, -0.15) is 0 Å². The van der Waals surface area contributed by atoms with Crippen molar-refractivity contribution in [2.45, 2.75) is 25.8 Å². The van der Waals surface area contributed by atoms with E-state index in [0.717, 1.165) is 10.6 Å². The van der Waals surface area contributed by atoms with Gasteiger partial charge in [0.1, 0.15) is 23.6 Å². The number of ether oxygens (including phenoxy) is 2. The molecule has 8 nitrogen and oxygen atoms in total. The van der Waals surface area contributed by atoms with Gasteiger partial charge in [0.15, 0.2) is 0 Å². The van der Waals surface area contributed by atoms with Gasteiger partial charge in [-0.1, -0.05) is 0 Å². The quantitative estimate of drug-likeness (QED) is 0.537. The third-order valence-electron chi connectivity index (χ3n) is 3.76. The van der Waals surface area contributed by atoms with Crippen LogP contribution in [0.2, 0.25) is 0 Å². The van der Waals surface area contributed by atoms with E-state index in [1.54, 1.807) is 45.2 Å². The fourth-order valence-corrected chi connectivity index (χ4v) is 2.35. The van der Waals surface area contributed by atoms with Gasteiger partial charge in [0.2, 0.25) is 5.91 Å². The lowest BCUT2D eigenvalue weighted by molar-refractivity contribution is -0.130. The van der Waals surface area contributed by atoms with E-state index in [4.69, 9.17) is 9.47 Å². The van der Waals surface area contributed by atoms with E-state index in [-0.39, 0.29) is 24.8 Å². The summed E-state index contributed by atoms with van der Waals surface area (Å²) in [5, 5.41) is 5.26. The summed E-state index contributed by atoms with van der Waals surface area (Å²) in [5.41, 5.74) is -0.917. The van der Waals surface area contributed by atoms with Crippen LogP contribution >= 0.6 is 0 Å². The van der Waals surface area contributed by atoms with Crippen LogP contribution in [0.3, 0.4) is 0 Å². The molecule has 2 rings (SSSR count). The summed E-state index contributed by atoms with van der Waals surface area (Å²) in [6, 6.07) is 6.66. The maximum atomic E-state index is 12.0.